The standard InChI is InChI=1S/C76H123N17O17/c1-43(2)35-52(90-70(107)74(9,10)81)62(99)60(76(13,72(109)110-14)93(68(105)55(37-45(5)6)91-71(108)75(11,12)82)67(104)51(26-19-21-33-78)89-69(106)73(7,8)80)61(98)50(25-18-20-32-77)87-66(103)56-27-22-34-92(56)59(97)42-85-64(101)53(36-44(3)4)88-65(102)54(39-46-23-16-15-17-24-46)86-58(96)41-83-57(95)40-84-63(100)49(79)38-47-28-30-48(94)31-29-47/h15-17,23-24,28-31,43-45,49-56,60,94H,18-22,25-27,32-42,77-82H2,1-14H3,(H,83,95)(H,84,100)(H,85,101)(H,86,96)(H,87,103)(H,88,102)(H,89,106)(H,90,107)(H,91,108)/t49-,50-,51-,52-,53-,54-,55-,56-,60?,76-/m0/s1. The third-order valence-electron chi connectivity index (χ3n) is 18.4. The van der Waals surface area contributed by atoms with Crippen LogP contribution in [0.25, 0.3) is 0 Å². The first-order valence-electron chi connectivity index (χ1n) is 37.6. The number of nitrogens with zero attached hydrogens (tertiary/aromatic N) is 2. The number of phenols is 1. The maximum atomic E-state index is 16.6. The number of esters is 1. The number of methoxy groups -OCH3 is 1. The van der Waals surface area contributed by atoms with E-state index in [4.69, 9.17) is 39.1 Å². The fraction of sp³-hybridized carbons (Fsp3) is 0.645. The third-order valence-corrected chi connectivity index (χ3v) is 18.4. The van der Waals surface area contributed by atoms with Crippen LogP contribution in [0.5, 0.6) is 5.75 Å². The zero-order chi connectivity index (χ0) is 83.3. The lowest BCUT2D eigenvalue weighted by molar-refractivity contribution is -0.177. The number of hydrogen-bond acceptors (Lipinski definition) is 23. The molecule has 2 aromatic rings. The van der Waals surface area contributed by atoms with Crippen molar-refractivity contribution >= 4 is 88.4 Å². The van der Waals surface area contributed by atoms with Gasteiger partial charge in [0, 0.05) is 13.0 Å². The Morgan fingerprint density at radius 3 is 1.50 bits per heavy atom. The van der Waals surface area contributed by atoms with E-state index in [-0.39, 0.29) is 115 Å². The van der Waals surface area contributed by atoms with E-state index in [1.54, 1.807) is 84.0 Å². The largest absolute Gasteiger partial charge is 0.508 e. The molecule has 1 unspecified atom stereocenters. The number of carbonyl (C=O) groups is 15. The van der Waals surface area contributed by atoms with Crippen LogP contribution in [0.1, 0.15) is 172 Å². The number of phenolic OH excluding ortho intramolecular Hbond substituents is 1. The van der Waals surface area contributed by atoms with Gasteiger partial charge in [-0.15, -0.1) is 0 Å². The van der Waals surface area contributed by atoms with Gasteiger partial charge in [-0.3, -0.25) is 72.0 Å². The van der Waals surface area contributed by atoms with E-state index in [2.05, 4.69) is 47.9 Å². The molecule has 1 aliphatic heterocycles. The molecule has 12 amide bonds. The number of likely N-dealkylation sites (tertiary alicyclic amines) is 1. The summed E-state index contributed by atoms with van der Waals surface area (Å²) in [7, 11) is 0.856. The highest BCUT2D eigenvalue weighted by atomic mass is 16.5. The van der Waals surface area contributed by atoms with E-state index < -0.39 is 196 Å². The summed E-state index contributed by atoms with van der Waals surface area (Å²) in [6, 6.07) is 2.29. The minimum absolute atomic E-state index is 0.0148. The average Bonchev–Trinajstić information content (AvgIpc) is 1.72. The summed E-state index contributed by atoms with van der Waals surface area (Å²) in [5.74, 6) is -19.2. The number of unbranched alkanes of at least 4 members (excludes halogenated alkanes) is 2. The molecule has 2 aromatic carbocycles. The molecule has 1 fully saturated rings. The fourth-order valence-corrected chi connectivity index (χ4v) is 12.3. The quantitative estimate of drug-likeness (QED) is 0.0202. The summed E-state index contributed by atoms with van der Waals surface area (Å²) >= 11 is 0. The first kappa shape index (κ1) is 94.9. The van der Waals surface area contributed by atoms with Crippen molar-refractivity contribution in [2.24, 2.45) is 58.1 Å². The summed E-state index contributed by atoms with van der Waals surface area (Å²) in [4.78, 5) is 222. The first-order chi connectivity index (χ1) is 51.2. The molecule has 34 heteroatoms. The van der Waals surface area contributed by atoms with Crippen LogP contribution in [0.4, 0.5) is 0 Å². The smallest absolute Gasteiger partial charge is 0.333 e. The van der Waals surface area contributed by atoms with Gasteiger partial charge in [0.05, 0.1) is 61.5 Å². The molecule has 0 radical (unpaired) electrons. The number of nitrogens with one attached hydrogen (secondary N) is 9. The summed E-state index contributed by atoms with van der Waals surface area (Å²) < 4.78 is 5.48. The van der Waals surface area contributed by atoms with Crippen molar-refractivity contribution in [3.8, 4) is 5.75 Å². The molecule has 0 aromatic heterocycles. The lowest BCUT2D eigenvalue weighted by Crippen LogP contribution is -2.73. The Hall–Kier alpha value is -9.35. The molecule has 0 bridgehead atoms. The Balaban J connectivity index is 2.19. The predicted octanol–water partition coefficient (Wildman–Crippen LogP) is -1.60. The van der Waals surface area contributed by atoms with Crippen molar-refractivity contribution in [1.29, 1.82) is 0 Å². The number of ether oxygens (including phenoxy) is 1. The lowest BCUT2D eigenvalue weighted by atomic mass is 9.72. The number of Topliss-reactive ketones (excluding diaryl/α,β-unsaturated/α-hetero) is 2. The van der Waals surface area contributed by atoms with E-state index in [0.717, 1.165) is 18.9 Å². The maximum Gasteiger partial charge on any atom is 0.333 e. The highest BCUT2D eigenvalue weighted by Gasteiger charge is 2.61. The van der Waals surface area contributed by atoms with Gasteiger partial charge in [-0.25, -0.2) is 4.79 Å². The van der Waals surface area contributed by atoms with Crippen LogP contribution in [0.3, 0.4) is 0 Å². The number of amides is 12. The summed E-state index contributed by atoms with van der Waals surface area (Å²) in [5.41, 5.74) is 29.8. The maximum absolute atomic E-state index is 16.6. The molecule has 1 heterocycles. The van der Waals surface area contributed by atoms with Gasteiger partial charge in [0.2, 0.25) is 59.1 Å². The topological polar surface area (TPSA) is 556 Å². The lowest BCUT2D eigenvalue weighted by Gasteiger charge is -2.45. The van der Waals surface area contributed by atoms with Gasteiger partial charge in [0.15, 0.2) is 17.1 Å². The van der Waals surface area contributed by atoms with E-state index in [1.165, 1.54) is 53.7 Å². The van der Waals surface area contributed by atoms with Crippen molar-refractivity contribution in [2.45, 2.75) is 244 Å². The fourth-order valence-electron chi connectivity index (χ4n) is 12.3. The van der Waals surface area contributed by atoms with E-state index in [9.17, 15) is 48.3 Å². The molecule has 0 aliphatic carbocycles. The first-order valence-corrected chi connectivity index (χ1v) is 37.6. The van der Waals surface area contributed by atoms with Crippen molar-refractivity contribution in [2.75, 3.05) is 46.4 Å². The average molecular weight is 1550 g/mol. The number of hydrogen-bond donors (Lipinski definition) is 16. The molecule has 1 saturated heterocycles. The van der Waals surface area contributed by atoms with Crippen LogP contribution < -0.4 is 82.3 Å². The van der Waals surface area contributed by atoms with Gasteiger partial charge >= 0.3 is 5.97 Å². The van der Waals surface area contributed by atoms with Crippen molar-refractivity contribution in [3.05, 3.63) is 65.7 Å². The molecule has 0 saturated carbocycles. The molecule has 10 atom stereocenters. The molecule has 0 spiro atoms. The van der Waals surface area contributed by atoms with Crippen LogP contribution in [0, 0.1) is 23.7 Å². The van der Waals surface area contributed by atoms with Crippen LogP contribution in [0.2, 0.25) is 0 Å². The molecule has 110 heavy (non-hydrogen) atoms. The van der Waals surface area contributed by atoms with Crippen molar-refractivity contribution in [1.82, 2.24) is 57.7 Å². The zero-order valence-corrected chi connectivity index (χ0v) is 66.4. The van der Waals surface area contributed by atoms with Crippen molar-refractivity contribution in [3.63, 3.8) is 0 Å². The second kappa shape index (κ2) is 43.9. The van der Waals surface area contributed by atoms with Gasteiger partial charge in [-0.05, 0) is 180 Å². The third kappa shape index (κ3) is 29.8. The second-order valence-corrected chi connectivity index (χ2v) is 31.5. The van der Waals surface area contributed by atoms with Gasteiger partial charge < -0.3 is 97.0 Å². The highest BCUT2D eigenvalue weighted by molar-refractivity contribution is 6.17. The number of benzene rings is 2. The Bertz CT molecular complexity index is 3500. The summed E-state index contributed by atoms with van der Waals surface area (Å²) in [6.07, 6.45) is -0.373. The highest BCUT2D eigenvalue weighted by Crippen LogP contribution is 2.36. The zero-order valence-electron chi connectivity index (χ0n) is 66.4. The number of ketones is 2. The van der Waals surface area contributed by atoms with Crippen LogP contribution in [-0.2, 0) is 89.5 Å². The molecule has 1 aliphatic rings. The van der Waals surface area contributed by atoms with Crippen LogP contribution in [-0.4, -0.2) is 220 Å². The Morgan fingerprint density at radius 2 is 0.982 bits per heavy atom. The molecule has 3 rings (SSSR count). The summed E-state index contributed by atoms with van der Waals surface area (Å²) in [6.45, 7) is 17.3. The minimum Gasteiger partial charge on any atom is -0.508 e. The molecular formula is C76H123N17O17. The van der Waals surface area contributed by atoms with Crippen LogP contribution >= 0.6 is 0 Å². The summed E-state index contributed by atoms with van der Waals surface area (Å²) in [5, 5.41) is 32.8. The van der Waals surface area contributed by atoms with Crippen LogP contribution in [0.15, 0.2) is 54.6 Å². The van der Waals surface area contributed by atoms with Gasteiger partial charge in [-0.2, -0.15) is 0 Å². The Kier molecular flexibility index (Phi) is 37.8. The van der Waals surface area contributed by atoms with Crippen molar-refractivity contribution < 1.29 is 81.8 Å². The molecular weight excluding hydrogens is 1420 g/mol. The van der Waals surface area contributed by atoms with E-state index >= 15 is 28.8 Å². The number of imide groups is 1. The Morgan fingerprint density at radius 1 is 0.518 bits per heavy atom. The molecule has 34 nitrogen and oxygen atoms in total. The monoisotopic (exact) mass is 1550 g/mol. The Labute approximate surface area is 645 Å². The number of aromatic hydroxyl groups is 1. The normalized spacial score (nSPS) is 15.9. The number of nitrogens with two attached hydrogens (primary N) is 6. The SMILES string of the molecule is COC(=O)[C@](C)(C(C(=O)[C@H](CCCCN)NC(=O)[C@@H]1CCCN1C(=O)CNC(=O)[C@H](CC(C)C)NC(=O)[C@H](Cc1ccccc1)NC(=O)CNC(=O)CNC(=O)[C@@H](N)Cc1ccc(O)cc1)C(=O)[C@H](CC(C)C)NC(=O)C(C)(C)N)N(C(=O)[C@H](CCCCN)NC(=O)C(C)(C)N)C(=O)[C@H](CC(C)C)NC(=O)C(C)(C)N. The number of carbonyl (C=O) groups excluding carboxylic acids is 15. The molecule has 614 valence electrons. The van der Waals surface area contributed by atoms with E-state index in [1.807, 2.05) is 0 Å². The van der Waals surface area contributed by atoms with Gasteiger partial charge in [0.25, 0.3) is 11.8 Å². The molecule has 22 N–H and O–H groups in total. The second-order valence-electron chi connectivity index (χ2n) is 31.5. The predicted molar refractivity (Wildman–Crippen MR) is 410 cm³/mol. The number of rotatable bonds is 46. The van der Waals surface area contributed by atoms with Gasteiger partial charge in [-0.1, -0.05) is 84.0 Å². The minimum atomic E-state index is -3.20. The van der Waals surface area contributed by atoms with E-state index in [0.29, 0.717) is 16.0 Å². The van der Waals surface area contributed by atoms with Gasteiger partial charge in [0.1, 0.15) is 41.9 Å².